The van der Waals surface area contributed by atoms with Crippen LogP contribution in [0, 0.1) is 0 Å². The molecule has 0 saturated heterocycles. The number of rotatable bonds is 5. The van der Waals surface area contributed by atoms with Gasteiger partial charge in [-0.15, -0.1) is 0 Å². The molecule has 0 aliphatic rings. The molecule has 1 aromatic carbocycles. The van der Waals surface area contributed by atoms with E-state index in [0.717, 1.165) is 11.1 Å². The Labute approximate surface area is 105 Å². The number of hydrogen-bond acceptors (Lipinski definition) is 3. The maximum absolute atomic E-state index is 10.2. The Kier molecular flexibility index (Phi) is 4.31. The van der Waals surface area contributed by atoms with Gasteiger partial charge in [0.2, 0.25) is 0 Å². The third-order valence-electron chi connectivity index (χ3n) is 2.76. The maximum Gasteiger partial charge on any atom is 0.108 e. The molecule has 2 nitrogen and oxygen atoms in total. The van der Waals surface area contributed by atoms with Crippen molar-refractivity contribution in [1.29, 1.82) is 0 Å². The van der Waals surface area contributed by atoms with E-state index in [1.807, 2.05) is 41.8 Å². The zero-order valence-corrected chi connectivity index (χ0v) is 10.6. The topological polar surface area (TPSA) is 29.5 Å². The minimum absolute atomic E-state index is 0.268. The van der Waals surface area contributed by atoms with Crippen LogP contribution in [-0.2, 0) is 11.2 Å². The van der Waals surface area contributed by atoms with Gasteiger partial charge in [0.25, 0.3) is 0 Å². The van der Waals surface area contributed by atoms with Gasteiger partial charge in [-0.25, -0.2) is 0 Å². The number of aliphatic hydroxyl groups excluding tert-OH is 1. The molecule has 90 valence electrons. The van der Waals surface area contributed by atoms with Crippen LogP contribution in [0.4, 0.5) is 0 Å². The second-order valence-electron chi connectivity index (χ2n) is 3.97. The number of ether oxygens (including phenoxy) is 1. The lowest BCUT2D eigenvalue weighted by molar-refractivity contribution is -0.0128. The largest absolute Gasteiger partial charge is 0.390 e. The highest BCUT2D eigenvalue weighted by Gasteiger charge is 2.20. The van der Waals surface area contributed by atoms with Gasteiger partial charge in [0.1, 0.15) is 6.10 Å². The summed E-state index contributed by atoms with van der Waals surface area (Å²) in [6, 6.07) is 11.9. The highest BCUT2D eigenvalue weighted by Crippen LogP contribution is 2.23. The first-order chi connectivity index (χ1) is 8.31. The van der Waals surface area contributed by atoms with Crippen molar-refractivity contribution in [2.45, 2.75) is 18.6 Å². The van der Waals surface area contributed by atoms with E-state index in [2.05, 4.69) is 5.38 Å². The van der Waals surface area contributed by atoms with Gasteiger partial charge < -0.3 is 9.84 Å². The van der Waals surface area contributed by atoms with Crippen molar-refractivity contribution >= 4 is 11.3 Å². The van der Waals surface area contributed by atoms with E-state index in [0.29, 0.717) is 6.42 Å². The maximum atomic E-state index is 10.2. The van der Waals surface area contributed by atoms with E-state index in [4.69, 9.17) is 4.74 Å². The Morgan fingerprint density at radius 3 is 2.59 bits per heavy atom. The van der Waals surface area contributed by atoms with Crippen molar-refractivity contribution < 1.29 is 9.84 Å². The minimum atomic E-state index is -0.517. The zero-order chi connectivity index (χ0) is 12.1. The molecule has 2 unspecified atom stereocenters. The average molecular weight is 248 g/mol. The molecule has 2 atom stereocenters. The number of hydrogen-bond donors (Lipinski definition) is 1. The summed E-state index contributed by atoms with van der Waals surface area (Å²) in [7, 11) is 1.63. The van der Waals surface area contributed by atoms with Crippen LogP contribution in [0.5, 0.6) is 0 Å². The molecule has 1 aromatic heterocycles. The van der Waals surface area contributed by atoms with E-state index in [-0.39, 0.29) is 6.10 Å². The Hall–Kier alpha value is -1.16. The summed E-state index contributed by atoms with van der Waals surface area (Å²) >= 11 is 1.64. The van der Waals surface area contributed by atoms with Crippen molar-refractivity contribution in [3.05, 3.63) is 58.3 Å². The van der Waals surface area contributed by atoms with Crippen molar-refractivity contribution in [2.75, 3.05) is 7.11 Å². The van der Waals surface area contributed by atoms with E-state index in [1.165, 1.54) is 0 Å². The van der Waals surface area contributed by atoms with Crippen molar-refractivity contribution in [2.24, 2.45) is 0 Å². The quantitative estimate of drug-likeness (QED) is 0.881. The van der Waals surface area contributed by atoms with Crippen LogP contribution >= 0.6 is 11.3 Å². The molecule has 0 amide bonds. The Bertz CT molecular complexity index is 425. The molecular weight excluding hydrogens is 232 g/mol. The SMILES string of the molecule is COC(c1ccccc1)C(O)Cc1ccsc1. The van der Waals surface area contributed by atoms with E-state index in [9.17, 15) is 5.11 Å². The summed E-state index contributed by atoms with van der Waals surface area (Å²) in [5.41, 5.74) is 2.17. The van der Waals surface area contributed by atoms with Crippen LogP contribution in [0.1, 0.15) is 17.2 Å². The van der Waals surface area contributed by atoms with E-state index >= 15 is 0 Å². The summed E-state index contributed by atoms with van der Waals surface area (Å²) in [5, 5.41) is 14.3. The van der Waals surface area contributed by atoms with Crippen molar-refractivity contribution in [3.63, 3.8) is 0 Å². The lowest BCUT2D eigenvalue weighted by atomic mass is 10.00. The molecule has 2 aromatic rings. The first kappa shape index (κ1) is 12.3. The molecule has 3 heteroatoms. The second kappa shape index (κ2) is 5.96. The van der Waals surface area contributed by atoms with Gasteiger partial charge in [-0.2, -0.15) is 11.3 Å². The van der Waals surface area contributed by atoms with Crippen LogP contribution < -0.4 is 0 Å². The standard InChI is InChI=1S/C14H16O2S/c1-16-14(12-5-3-2-4-6-12)13(15)9-11-7-8-17-10-11/h2-8,10,13-15H,9H2,1H3. The Morgan fingerprint density at radius 2 is 2.00 bits per heavy atom. The van der Waals surface area contributed by atoms with E-state index in [1.54, 1.807) is 18.4 Å². The summed E-state index contributed by atoms with van der Waals surface area (Å²) < 4.78 is 5.40. The van der Waals surface area contributed by atoms with Crippen LogP contribution in [0.3, 0.4) is 0 Å². The smallest absolute Gasteiger partial charge is 0.108 e. The highest BCUT2D eigenvalue weighted by atomic mass is 32.1. The van der Waals surface area contributed by atoms with Crippen LogP contribution in [0.15, 0.2) is 47.2 Å². The number of aliphatic hydroxyl groups is 1. The van der Waals surface area contributed by atoms with E-state index < -0.39 is 6.10 Å². The van der Waals surface area contributed by atoms with Crippen LogP contribution in [0.25, 0.3) is 0 Å². The second-order valence-corrected chi connectivity index (χ2v) is 4.75. The first-order valence-corrected chi connectivity index (χ1v) is 6.52. The zero-order valence-electron chi connectivity index (χ0n) is 9.74. The fourth-order valence-electron chi connectivity index (χ4n) is 1.92. The van der Waals surface area contributed by atoms with Gasteiger partial charge >= 0.3 is 0 Å². The van der Waals surface area contributed by atoms with Gasteiger partial charge in [0, 0.05) is 13.5 Å². The monoisotopic (exact) mass is 248 g/mol. The van der Waals surface area contributed by atoms with Gasteiger partial charge in [0.15, 0.2) is 0 Å². The number of benzene rings is 1. The lowest BCUT2D eigenvalue weighted by Gasteiger charge is -2.21. The van der Waals surface area contributed by atoms with Crippen molar-refractivity contribution in [1.82, 2.24) is 0 Å². The molecule has 0 bridgehead atoms. The number of methoxy groups -OCH3 is 1. The molecule has 2 rings (SSSR count). The molecule has 0 aliphatic carbocycles. The van der Waals surface area contributed by atoms with Crippen molar-refractivity contribution in [3.8, 4) is 0 Å². The molecule has 0 radical (unpaired) electrons. The van der Waals surface area contributed by atoms with Crippen LogP contribution in [0.2, 0.25) is 0 Å². The highest BCUT2D eigenvalue weighted by molar-refractivity contribution is 7.07. The summed E-state index contributed by atoms with van der Waals surface area (Å²) in [6.07, 6.45) is -0.162. The molecular formula is C14H16O2S. The lowest BCUT2D eigenvalue weighted by Crippen LogP contribution is -2.22. The first-order valence-electron chi connectivity index (χ1n) is 5.58. The Morgan fingerprint density at radius 1 is 1.24 bits per heavy atom. The van der Waals surface area contributed by atoms with Gasteiger partial charge in [-0.05, 0) is 28.0 Å². The normalized spacial score (nSPS) is 14.5. The molecule has 0 fully saturated rings. The third kappa shape index (κ3) is 3.16. The third-order valence-corrected chi connectivity index (χ3v) is 3.49. The van der Waals surface area contributed by atoms with Crippen LogP contribution in [-0.4, -0.2) is 18.3 Å². The minimum Gasteiger partial charge on any atom is -0.390 e. The predicted octanol–water partition coefficient (Wildman–Crippen LogP) is 3.04. The fraction of sp³-hybridized carbons (Fsp3) is 0.286. The summed E-state index contributed by atoms with van der Waals surface area (Å²) in [5.74, 6) is 0. The number of thiophene rings is 1. The molecule has 0 saturated carbocycles. The van der Waals surface area contributed by atoms with Gasteiger partial charge in [0.05, 0.1) is 6.10 Å². The Balaban J connectivity index is 2.08. The molecule has 0 spiro atoms. The molecule has 0 aliphatic heterocycles. The average Bonchev–Trinajstić information content (AvgIpc) is 2.84. The summed E-state index contributed by atoms with van der Waals surface area (Å²) in [4.78, 5) is 0. The summed E-state index contributed by atoms with van der Waals surface area (Å²) in [6.45, 7) is 0. The molecule has 1 N–H and O–H groups in total. The molecule has 1 heterocycles. The van der Waals surface area contributed by atoms with Gasteiger partial charge in [-0.3, -0.25) is 0 Å². The van der Waals surface area contributed by atoms with Gasteiger partial charge in [-0.1, -0.05) is 30.3 Å². The molecule has 17 heavy (non-hydrogen) atoms. The fourth-order valence-corrected chi connectivity index (χ4v) is 2.60. The predicted molar refractivity (Wildman–Crippen MR) is 70.2 cm³/mol.